The molecule has 0 heterocycles. The SMILES string of the molecule is CO[C@@H]1C[C@@]2(C(Oc3ccc(Cl)c(F)c3)C(N)=O)CC[C@@]1(C(Oc1ccc(Cl)c(F)c1)C(N)=O)CC2=O. The highest BCUT2D eigenvalue weighted by molar-refractivity contribution is 6.31. The molecule has 2 aromatic rings. The molecule has 12 heteroatoms. The van der Waals surface area contributed by atoms with Crippen LogP contribution in [0, 0.1) is 22.5 Å². The van der Waals surface area contributed by atoms with E-state index >= 15 is 0 Å². The zero-order valence-electron chi connectivity index (χ0n) is 19.6. The molecule has 8 nitrogen and oxygen atoms in total. The third-order valence-electron chi connectivity index (χ3n) is 7.39. The predicted molar refractivity (Wildman–Crippen MR) is 129 cm³/mol. The van der Waals surface area contributed by atoms with E-state index in [1.165, 1.54) is 31.4 Å². The van der Waals surface area contributed by atoms with Crippen molar-refractivity contribution >= 4 is 40.8 Å². The number of carbonyl (C=O) groups is 3. The number of benzene rings is 2. The van der Waals surface area contributed by atoms with Crippen LogP contribution in [0.4, 0.5) is 8.78 Å². The van der Waals surface area contributed by atoms with Crippen LogP contribution < -0.4 is 20.9 Å². The largest absolute Gasteiger partial charge is 0.480 e. The number of Topliss-reactive ketones (excluding diaryl/α,β-unsaturated/α-hetero) is 1. The maximum Gasteiger partial charge on any atom is 0.259 e. The molecule has 2 aromatic carbocycles. The molecule has 2 amide bonds. The molecule has 0 radical (unpaired) electrons. The van der Waals surface area contributed by atoms with E-state index in [9.17, 15) is 23.2 Å². The van der Waals surface area contributed by atoms with Crippen molar-refractivity contribution in [1.29, 1.82) is 0 Å². The van der Waals surface area contributed by atoms with Gasteiger partial charge >= 0.3 is 0 Å². The van der Waals surface area contributed by atoms with Crippen LogP contribution in [0.2, 0.25) is 10.0 Å². The summed E-state index contributed by atoms with van der Waals surface area (Å²) in [7, 11) is 1.39. The number of ether oxygens (including phenoxy) is 3. The first-order valence-corrected chi connectivity index (χ1v) is 12.1. The van der Waals surface area contributed by atoms with Crippen molar-refractivity contribution < 1.29 is 37.4 Å². The van der Waals surface area contributed by atoms with Crippen LogP contribution in [0.15, 0.2) is 36.4 Å². The van der Waals surface area contributed by atoms with Gasteiger partial charge in [-0.2, -0.15) is 0 Å². The molecule has 5 rings (SSSR count). The number of fused-ring (bicyclic) bond motifs is 3. The first-order valence-electron chi connectivity index (χ1n) is 11.3. The minimum absolute atomic E-state index is 0.00658. The highest BCUT2D eigenvalue weighted by Gasteiger charge is 2.67. The summed E-state index contributed by atoms with van der Waals surface area (Å²) in [5, 5.41) is -0.279. The van der Waals surface area contributed by atoms with Gasteiger partial charge in [0.2, 0.25) is 0 Å². The summed E-state index contributed by atoms with van der Waals surface area (Å²) >= 11 is 11.5. The van der Waals surface area contributed by atoms with E-state index in [2.05, 4.69) is 0 Å². The van der Waals surface area contributed by atoms with Gasteiger partial charge in [0.05, 0.1) is 21.6 Å². The summed E-state index contributed by atoms with van der Waals surface area (Å²) in [6.45, 7) is 0. The van der Waals surface area contributed by atoms with Gasteiger partial charge in [0.15, 0.2) is 12.2 Å². The highest BCUT2D eigenvalue weighted by atomic mass is 35.5. The number of hydrogen-bond acceptors (Lipinski definition) is 6. The molecule has 4 N–H and O–H groups in total. The Morgan fingerprint density at radius 1 is 0.946 bits per heavy atom. The summed E-state index contributed by atoms with van der Waals surface area (Å²) in [6.07, 6.45) is -3.65. The van der Waals surface area contributed by atoms with Gasteiger partial charge in [0.25, 0.3) is 11.8 Å². The second-order valence-electron chi connectivity index (χ2n) is 9.37. The van der Waals surface area contributed by atoms with Crippen LogP contribution in [0.5, 0.6) is 11.5 Å². The van der Waals surface area contributed by atoms with Crippen molar-refractivity contribution in [3.63, 3.8) is 0 Å². The Labute approximate surface area is 221 Å². The standard InChI is InChI=1S/C25H24Cl2F2N2O6/c1-35-19-11-24(20(22(30)33)36-12-2-4-14(26)16(28)8-12)6-7-25(19,10-18(24)32)21(23(31)34)37-13-3-5-15(27)17(29)9-13/h2-5,8-9,19-21H,6-7,10-11H2,1H3,(H2,30,33)(H2,31,34)/t19-,20?,21?,24+,25-/m1/s1. The topological polar surface area (TPSA) is 131 Å². The lowest BCUT2D eigenvalue weighted by Gasteiger charge is -2.58. The van der Waals surface area contributed by atoms with Crippen LogP contribution in [-0.4, -0.2) is 43.0 Å². The maximum atomic E-state index is 14.0. The van der Waals surface area contributed by atoms with Crippen molar-refractivity contribution in [2.24, 2.45) is 22.3 Å². The molecule has 3 aliphatic rings. The summed E-state index contributed by atoms with van der Waals surface area (Å²) < 4.78 is 45.3. The highest BCUT2D eigenvalue weighted by Crippen LogP contribution is 2.59. The second-order valence-corrected chi connectivity index (χ2v) is 10.2. The molecule has 5 atom stereocenters. The van der Waals surface area contributed by atoms with Crippen molar-refractivity contribution in [2.45, 2.75) is 44.0 Å². The fourth-order valence-electron chi connectivity index (χ4n) is 5.55. The molecular weight excluding hydrogens is 533 g/mol. The quantitative estimate of drug-likeness (QED) is 0.485. The number of primary amides is 2. The van der Waals surface area contributed by atoms with Crippen LogP contribution in [0.25, 0.3) is 0 Å². The second kappa shape index (κ2) is 10.1. The van der Waals surface area contributed by atoms with E-state index in [1.807, 2.05) is 0 Å². The smallest absolute Gasteiger partial charge is 0.259 e. The Bertz CT molecular complexity index is 1260. The molecule has 0 spiro atoms. The number of amides is 2. The van der Waals surface area contributed by atoms with Crippen molar-refractivity contribution in [2.75, 3.05) is 7.11 Å². The van der Waals surface area contributed by atoms with E-state index in [0.29, 0.717) is 0 Å². The van der Waals surface area contributed by atoms with E-state index < -0.39 is 58.4 Å². The Morgan fingerprint density at radius 3 is 1.89 bits per heavy atom. The van der Waals surface area contributed by atoms with Gasteiger partial charge in [-0.3, -0.25) is 14.4 Å². The Balaban J connectivity index is 1.68. The van der Waals surface area contributed by atoms with Crippen LogP contribution in [0.1, 0.15) is 25.7 Å². The van der Waals surface area contributed by atoms with Crippen LogP contribution in [-0.2, 0) is 19.1 Å². The van der Waals surface area contributed by atoms with Gasteiger partial charge in [0, 0.05) is 31.1 Å². The Morgan fingerprint density at radius 2 is 1.46 bits per heavy atom. The third kappa shape index (κ3) is 4.73. The van der Waals surface area contributed by atoms with Gasteiger partial charge in [0.1, 0.15) is 28.9 Å². The molecule has 198 valence electrons. The van der Waals surface area contributed by atoms with E-state index in [-0.39, 0.29) is 47.2 Å². The molecular formula is C25H24Cl2F2N2O6. The molecule has 0 aromatic heterocycles. The number of methoxy groups -OCH3 is 1. The summed E-state index contributed by atoms with van der Waals surface area (Å²) in [4.78, 5) is 38.8. The Hall–Kier alpha value is -2.95. The van der Waals surface area contributed by atoms with Gasteiger partial charge in [-0.25, -0.2) is 8.78 Å². The van der Waals surface area contributed by atoms with Crippen LogP contribution >= 0.6 is 23.2 Å². The molecule has 2 unspecified atom stereocenters. The van der Waals surface area contributed by atoms with Gasteiger partial charge in [-0.05, 0) is 43.5 Å². The third-order valence-corrected chi connectivity index (χ3v) is 8.00. The van der Waals surface area contributed by atoms with Gasteiger partial charge in [-0.15, -0.1) is 0 Å². The number of hydrogen-bond donors (Lipinski definition) is 2. The first-order chi connectivity index (χ1) is 17.4. The van der Waals surface area contributed by atoms with E-state index in [1.54, 1.807) is 0 Å². The zero-order chi connectivity index (χ0) is 27.1. The number of ketones is 1. The first kappa shape index (κ1) is 27.1. The molecule has 0 saturated heterocycles. The van der Waals surface area contributed by atoms with Crippen LogP contribution in [0.3, 0.4) is 0 Å². The number of halogens is 4. The van der Waals surface area contributed by atoms with E-state index in [4.69, 9.17) is 48.9 Å². The van der Waals surface area contributed by atoms with Crippen molar-refractivity contribution in [3.8, 4) is 11.5 Å². The molecule has 0 aliphatic heterocycles. The van der Waals surface area contributed by atoms with Crippen molar-refractivity contribution in [1.82, 2.24) is 0 Å². The number of rotatable bonds is 9. The average molecular weight is 557 g/mol. The van der Waals surface area contributed by atoms with E-state index in [0.717, 1.165) is 12.1 Å². The fourth-order valence-corrected chi connectivity index (χ4v) is 5.79. The van der Waals surface area contributed by atoms with Gasteiger partial charge in [-0.1, -0.05) is 23.2 Å². The number of carbonyl (C=O) groups excluding carboxylic acids is 3. The Kier molecular flexibility index (Phi) is 7.38. The molecule has 37 heavy (non-hydrogen) atoms. The van der Waals surface area contributed by atoms with Crippen molar-refractivity contribution in [3.05, 3.63) is 58.1 Å². The predicted octanol–water partition coefficient (Wildman–Crippen LogP) is 3.58. The normalized spacial score (nSPS) is 26.4. The summed E-state index contributed by atoms with van der Waals surface area (Å²) in [5.41, 5.74) is 8.75. The molecule has 2 bridgehead atoms. The molecule has 3 fully saturated rings. The minimum Gasteiger partial charge on any atom is -0.480 e. The number of nitrogens with two attached hydrogens (primary N) is 2. The molecule has 3 aliphatic carbocycles. The molecule has 3 saturated carbocycles. The summed E-state index contributed by atoms with van der Waals surface area (Å²) in [5.74, 6) is -3.79. The lowest BCUT2D eigenvalue weighted by Crippen LogP contribution is -2.69. The zero-order valence-corrected chi connectivity index (χ0v) is 21.2. The van der Waals surface area contributed by atoms with Gasteiger partial charge < -0.3 is 25.7 Å². The minimum atomic E-state index is -1.45. The average Bonchev–Trinajstić information content (AvgIpc) is 2.85. The lowest BCUT2D eigenvalue weighted by molar-refractivity contribution is -0.197. The fraction of sp³-hybridized carbons (Fsp3) is 0.400. The lowest BCUT2D eigenvalue weighted by atomic mass is 9.48. The summed E-state index contributed by atoms with van der Waals surface area (Å²) in [6, 6.07) is 7.25. The monoisotopic (exact) mass is 556 g/mol. The maximum absolute atomic E-state index is 14.0.